The molecular weight excluding hydrogens is 565 g/mol. The number of aromatic nitrogens is 1. The molecule has 1 aromatic heterocycles. The molecule has 2 aliphatic carbocycles. The predicted molar refractivity (Wildman–Crippen MR) is 161 cm³/mol. The van der Waals surface area contributed by atoms with Gasteiger partial charge in [-0.15, -0.1) is 0 Å². The second-order valence-electron chi connectivity index (χ2n) is 12.9. The zero-order valence-corrected chi connectivity index (χ0v) is 25.5. The quantitative estimate of drug-likeness (QED) is 0.305. The molecule has 0 bridgehead atoms. The van der Waals surface area contributed by atoms with E-state index in [0.29, 0.717) is 39.6 Å². The first kappa shape index (κ1) is 29.9. The number of ether oxygens (including phenoxy) is 3. The third-order valence-corrected chi connectivity index (χ3v) is 8.95. The molecule has 2 amide bonds. The lowest BCUT2D eigenvalue weighted by molar-refractivity contribution is -0.129. The van der Waals surface area contributed by atoms with Gasteiger partial charge >= 0.3 is 0 Å². The summed E-state index contributed by atoms with van der Waals surface area (Å²) in [6.45, 7) is 5.31. The number of aliphatic hydroxyl groups is 1. The van der Waals surface area contributed by atoms with Gasteiger partial charge in [-0.1, -0.05) is 0 Å². The average molecular weight is 604 g/mol. The summed E-state index contributed by atoms with van der Waals surface area (Å²) in [6.07, 6.45) is 5.04. The maximum Gasteiger partial charge on any atom is 0.251 e. The number of carbonyl (C=O) groups excluding carboxylic acids is 2. The number of rotatable bonds is 10. The number of hydrogen-bond donors (Lipinski definition) is 3. The first-order valence-corrected chi connectivity index (χ1v) is 15.0. The van der Waals surface area contributed by atoms with Gasteiger partial charge < -0.3 is 30.0 Å². The fraction of sp³-hybridized carbons (Fsp3) is 0.441. The van der Waals surface area contributed by atoms with Gasteiger partial charge in [0.15, 0.2) is 11.5 Å². The van der Waals surface area contributed by atoms with E-state index in [1.54, 1.807) is 43.3 Å². The highest BCUT2D eigenvalue weighted by atomic mass is 19.1. The topological polar surface area (TPSA) is 119 Å². The minimum Gasteiger partial charge on any atom is -0.493 e. The van der Waals surface area contributed by atoms with Crippen molar-refractivity contribution in [2.24, 2.45) is 0 Å². The Labute approximate surface area is 256 Å². The van der Waals surface area contributed by atoms with Gasteiger partial charge in [-0.05, 0) is 101 Å². The Hall–Kier alpha value is -4.18. The lowest BCUT2D eigenvalue weighted by Gasteiger charge is -2.41. The van der Waals surface area contributed by atoms with Gasteiger partial charge in [-0.25, -0.2) is 9.37 Å². The van der Waals surface area contributed by atoms with E-state index in [4.69, 9.17) is 19.2 Å². The minimum absolute atomic E-state index is 0.0880. The fourth-order valence-electron chi connectivity index (χ4n) is 5.61. The SMILES string of the molecule is COc1cc(C(=O)NC[C@](C)(O)c2cc3c(c(-c4ccc(F)cc4)n2)OC[C@]3(C)C(=O)NC2(C)CCC2)ccc1OC1CC1. The van der Waals surface area contributed by atoms with Gasteiger partial charge in [0.1, 0.15) is 34.9 Å². The van der Waals surface area contributed by atoms with Crippen LogP contribution in [0.25, 0.3) is 11.3 Å². The Kier molecular flexibility index (Phi) is 7.52. The molecule has 6 rings (SSSR count). The van der Waals surface area contributed by atoms with Crippen LogP contribution in [0.15, 0.2) is 48.5 Å². The van der Waals surface area contributed by atoms with Crippen LogP contribution in [0.5, 0.6) is 17.2 Å². The van der Waals surface area contributed by atoms with Crippen LogP contribution in [0.1, 0.15) is 74.5 Å². The maximum atomic E-state index is 13.8. The van der Waals surface area contributed by atoms with Crippen LogP contribution in [0.3, 0.4) is 0 Å². The molecule has 0 radical (unpaired) electrons. The van der Waals surface area contributed by atoms with E-state index < -0.39 is 22.7 Å². The Bertz CT molecular complexity index is 1600. The summed E-state index contributed by atoms with van der Waals surface area (Å²) in [5.74, 6) is 0.458. The minimum atomic E-state index is -1.64. The van der Waals surface area contributed by atoms with Gasteiger partial charge in [0.05, 0.1) is 25.5 Å². The number of amides is 2. The van der Waals surface area contributed by atoms with E-state index in [0.717, 1.165) is 32.1 Å². The summed E-state index contributed by atoms with van der Waals surface area (Å²) in [5, 5.41) is 17.7. The molecule has 9 nitrogen and oxygen atoms in total. The summed E-state index contributed by atoms with van der Waals surface area (Å²) in [5.41, 5.74) is -0.854. The summed E-state index contributed by atoms with van der Waals surface area (Å²) in [7, 11) is 1.52. The fourth-order valence-corrected chi connectivity index (χ4v) is 5.61. The van der Waals surface area contributed by atoms with Gasteiger partial charge in [0, 0.05) is 22.2 Å². The van der Waals surface area contributed by atoms with Crippen molar-refractivity contribution < 1.29 is 33.3 Å². The van der Waals surface area contributed by atoms with Crippen LogP contribution in [0.4, 0.5) is 4.39 Å². The third-order valence-electron chi connectivity index (χ3n) is 8.95. The Morgan fingerprint density at radius 3 is 2.48 bits per heavy atom. The molecule has 3 N–H and O–H groups in total. The van der Waals surface area contributed by atoms with Gasteiger partial charge in [-0.3, -0.25) is 9.59 Å². The first-order chi connectivity index (χ1) is 20.9. The molecule has 10 heteroatoms. The Balaban J connectivity index is 1.29. The van der Waals surface area contributed by atoms with Crippen molar-refractivity contribution in [1.29, 1.82) is 0 Å². The van der Waals surface area contributed by atoms with Crippen LogP contribution in [-0.4, -0.2) is 53.8 Å². The molecule has 0 unspecified atom stereocenters. The lowest BCUT2D eigenvalue weighted by Crippen LogP contribution is -2.56. The van der Waals surface area contributed by atoms with E-state index in [-0.39, 0.29) is 36.4 Å². The van der Waals surface area contributed by atoms with E-state index in [1.807, 2.05) is 13.8 Å². The molecule has 1 aliphatic heterocycles. The van der Waals surface area contributed by atoms with Crippen molar-refractivity contribution >= 4 is 11.8 Å². The second kappa shape index (κ2) is 11.1. The van der Waals surface area contributed by atoms with E-state index in [1.165, 1.54) is 19.2 Å². The van der Waals surface area contributed by atoms with Crippen LogP contribution in [0.2, 0.25) is 0 Å². The predicted octanol–water partition coefficient (Wildman–Crippen LogP) is 4.78. The smallest absolute Gasteiger partial charge is 0.251 e. The zero-order chi connectivity index (χ0) is 31.3. The normalized spacial score (nSPS) is 21.2. The van der Waals surface area contributed by atoms with Crippen molar-refractivity contribution in [3.63, 3.8) is 0 Å². The number of benzene rings is 2. The lowest BCUT2D eigenvalue weighted by atomic mass is 9.76. The van der Waals surface area contributed by atoms with Crippen LogP contribution < -0.4 is 24.8 Å². The van der Waals surface area contributed by atoms with Crippen molar-refractivity contribution in [2.75, 3.05) is 20.3 Å². The molecule has 232 valence electrons. The number of hydrogen-bond acceptors (Lipinski definition) is 7. The Morgan fingerprint density at radius 1 is 1.11 bits per heavy atom. The number of pyridine rings is 1. The highest BCUT2D eigenvalue weighted by Gasteiger charge is 2.48. The molecule has 3 aliphatic rings. The Morgan fingerprint density at radius 2 is 1.84 bits per heavy atom. The molecule has 3 aromatic rings. The van der Waals surface area contributed by atoms with Crippen molar-refractivity contribution in [3.8, 4) is 28.5 Å². The molecule has 2 saturated carbocycles. The van der Waals surface area contributed by atoms with Gasteiger partial charge in [0.2, 0.25) is 5.91 Å². The van der Waals surface area contributed by atoms with Crippen LogP contribution in [-0.2, 0) is 15.8 Å². The second-order valence-corrected chi connectivity index (χ2v) is 12.9. The summed E-state index contributed by atoms with van der Waals surface area (Å²) < 4.78 is 31.2. The number of fused-ring (bicyclic) bond motifs is 1. The average Bonchev–Trinajstić information content (AvgIpc) is 3.75. The molecule has 44 heavy (non-hydrogen) atoms. The third kappa shape index (κ3) is 5.70. The molecule has 0 spiro atoms. The van der Waals surface area contributed by atoms with E-state index >= 15 is 0 Å². The van der Waals surface area contributed by atoms with Crippen LogP contribution in [0, 0.1) is 5.82 Å². The zero-order valence-electron chi connectivity index (χ0n) is 25.5. The standard InChI is InChI=1S/C34H38FN3O6/c1-32(14-5-15-32)38-31(40)33(2)19-43-29-24(33)17-27(37-28(29)20-6-9-22(35)10-7-20)34(3,41)18-36-30(39)21-8-13-25(26(16-21)42-4)44-23-11-12-23/h6-10,13,16-17,23,41H,5,11-12,14-15,18-19H2,1-4H3,(H,36,39)(H,38,40)/t33-,34-/m0/s1. The molecular formula is C34H38FN3O6. The first-order valence-electron chi connectivity index (χ1n) is 15.0. The summed E-state index contributed by atoms with van der Waals surface area (Å²) >= 11 is 0. The summed E-state index contributed by atoms with van der Waals surface area (Å²) in [6, 6.07) is 12.4. The maximum absolute atomic E-state index is 13.8. The number of nitrogens with zero attached hydrogens (tertiary/aromatic N) is 1. The number of methoxy groups -OCH3 is 1. The van der Waals surface area contributed by atoms with Crippen molar-refractivity contribution in [2.45, 2.75) is 75.5 Å². The molecule has 2 fully saturated rings. The van der Waals surface area contributed by atoms with Gasteiger partial charge in [-0.2, -0.15) is 0 Å². The van der Waals surface area contributed by atoms with Crippen molar-refractivity contribution in [3.05, 3.63) is 71.2 Å². The highest BCUT2D eigenvalue weighted by Crippen LogP contribution is 2.46. The largest absolute Gasteiger partial charge is 0.493 e. The molecule has 0 saturated heterocycles. The number of halogens is 1. The molecule has 2 aromatic carbocycles. The summed E-state index contributed by atoms with van der Waals surface area (Å²) in [4.78, 5) is 31.6. The van der Waals surface area contributed by atoms with E-state index in [9.17, 15) is 19.1 Å². The highest BCUT2D eigenvalue weighted by molar-refractivity contribution is 5.95. The molecule has 2 atom stereocenters. The van der Waals surface area contributed by atoms with Crippen molar-refractivity contribution in [1.82, 2.24) is 15.6 Å². The number of carbonyl (C=O) groups is 2. The van der Waals surface area contributed by atoms with Crippen LogP contribution >= 0.6 is 0 Å². The van der Waals surface area contributed by atoms with Gasteiger partial charge in [0.25, 0.3) is 5.91 Å². The molecule has 2 heterocycles. The monoisotopic (exact) mass is 603 g/mol. The van der Waals surface area contributed by atoms with E-state index in [2.05, 4.69) is 10.6 Å². The number of nitrogens with one attached hydrogen (secondary N) is 2.